The maximum absolute atomic E-state index is 11.2. The van der Waals surface area contributed by atoms with Crippen molar-refractivity contribution in [3.63, 3.8) is 0 Å². The Hall–Kier alpha value is -0.810. The predicted molar refractivity (Wildman–Crippen MR) is 56.8 cm³/mol. The molecule has 0 aliphatic carbocycles. The summed E-state index contributed by atoms with van der Waals surface area (Å²) in [6.07, 6.45) is -0.428. The van der Waals surface area contributed by atoms with E-state index in [2.05, 4.69) is 10.6 Å². The molecule has 0 spiro atoms. The second kappa shape index (κ2) is 6.63. The van der Waals surface area contributed by atoms with E-state index in [0.29, 0.717) is 19.1 Å². The van der Waals surface area contributed by atoms with Crippen LogP contribution in [0, 0.1) is 5.92 Å². The molecule has 0 saturated carbocycles. The van der Waals surface area contributed by atoms with Crippen LogP contribution in [0.25, 0.3) is 0 Å². The number of ether oxygens (including phenoxy) is 2. The number of carbonyl (C=O) groups is 1. The number of rotatable bonds is 3. The zero-order valence-corrected chi connectivity index (χ0v) is 9.41. The van der Waals surface area contributed by atoms with E-state index < -0.39 is 0 Å². The van der Waals surface area contributed by atoms with Gasteiger partial charge in [0.15, 0.2) is 0 Å². The lowest BCUT2D eigenvalue weighted by atomic mass is 10.1. The standard InChI is InChI=1S/C10H20N2O3/c1-8(2)15-10(13)12-6-9-5-11-3-4-14-7-9/h8-9,11H,3-7H2,1-2H3,(H,12,13). The fourth-order valence-electron chi connectivity index (χ4n) is 1.37. The van der Waals surface area contributed by atoms with Crippen LogP contribution in [0.1, 0.15) is 13.8 Å². The van der Waals surface area contributed by atoms with Gasteiger partial charge in [-0.05, 0) is 13.8 Å². The molecule has 1 fully saturated rings. The Kier molecular flexibility index (Phi) is 5.42. The smallest absolute Gasteiger partial charge is 0.407 e. The summed E-state index contributed by atoms with van der Waals surface area (Å²) in [5.74, 6) is 0.326. The third kappa shape index (κ3) is 5.59. The Morgan fingerprint density at radius 3 is 3.20 bits per heavy atom. The monoisotopic (exact) mass is 216 g/mol. The van der Waals surface area contributed by atoms with Crippen LogP contribution in [0.5, 0.6) is 0 Å². The highest BCUT2D eigenvalue weighted by atomic mass is 16.6. The van der Waals surface area contributed by atoms with Crippen LogP contribution in [-0.2, 0) is 9.47 Å². The number of nitrogens with one attached hydrogen (secondary N) is 2. The molecule has 5 heteroatoms. The van der Waals surface area contributed by atoms with E-state index >= 15 is 0 Å². The predicted octanol–water partition coefficient (Wildman–Crippen LogP) is 0.357. The van der Waals surface area contributed by atoms with Crippen LogP contribution in [0.4, 0.5) is 4.79 Å². The molecule has 0 bridgehead atoms. The van der Waals surface area contributed by atoms with Crippen LogP contribution in [0.2, 0.25) is 0 Å². The molecule has 88 valence electrons. The Balaban J connectivity index is 2.14. The Morgan fingerprint density at radius 2 is 2.47 bits per heavy atom. The van der Waals surface area contributed by atoms with Crippen molar-refractivity contribution in [2.75, 3.05) is 32.8 Å². The highest BCUT2D eigenvalue weighted by Gasteiger charge is 2.14. The number of carbonyl (C=O) groups excluding carboxylic acids is 1. The minimum atomic E-state index is -0.353. The van der Waals surface area contributed by atoms with Gasteiger partial charge in [-0.3, -0.25) is 0 Å². The fourth-order valence-corrected chi connectivity index (χ4v) is 1.37. The molecular weight excluding hydrogens is 196 g/mol. The van der Waals surface area contributed by atoms with Gasteiger partial charge in [0, 0.05) is 25.6 Å². The fraction of sp³-hybridized carbons (Fsp3) is 0.900. The molecule has 5 nitrogen and oxygen atoms in total. The molecule has 0 aromatic heterocycles. The quantitative estimate of drug-likeness (QED) is 0.715. The van der Waals surface area contributed by atoms with Crippen LogP contribution in [-0.4, -0.2) is 45.0 Å². The van der Waals surface area contributed by atoms with Gasteiger partial charge in [-0.15, -0.1) is 0 Å². The lowest BCUT2D eigenvalue weighted by Crippen LogP contribution is -2.36. The highest BCUT2D eigenvalue weighted by molar-refractivity contribution is 5.67. The first-order valence-electron chi connectivity index (χ1n) is 5.41. The summed E-state index contributed by atoms with van der Waals surface area (Å²) < 4.78 is 10.3. The van der Waals surface area contributed by atoms with Crippen molar-refractivity contribution in [2.45, 2.75) is 20.0 Å². The normalized spacial score (nSPS) is 22.2. The van der Waals surface area contributed by atoms with E-state index in [-0.39, 0.29) is 12.2 Å². The third-order valence-electron chi connectivity index (χ3n) is 2.09. The maximum atomic E-state index is 11.2. The molecule has 1 heterocycles. The van der Waals surface area contributed by atoms with Crippen LogP contribution in [0.15, 0.2) is 0 Å². The van der Waals surface area contributed by atoms with Crippen LogP contribution >= 0.6 is 0 Å². The Morgan fingerprint density at radius 1 is 1.67 bits per heavy atom. The summed E-state index contributed by atoms with van der Waals surface area (Å²) in [5.41, 5.74) is 0. The molecule has 1 amide bonds. The number of hydrogen-bond donors (Lipinski definition) is 2. The van der Waals surface area contributed by atoms with Gasteiger partial charge in [-0.1, -0.05) is 0 Å². The van der Waals surface area contributed by atoms with Gasteiger partial charge in [0.2, 0.25) is 0 Å². The number of amides is 1. The van der Waals surface area contributed by atoms with Crippen LogP contribution < -0.4 is 10.6 Å². The largest absolute Gasteiger partial charge is 0.447 e. The summed E-state index contributed by atoms with van der Waals surface area (Å²) in [4.78, 5) is 11.2. The van der Waals surface area contributed by atoms with Gasteiger partial charge in [0.05, 0.1) is 19.3 Å². The van der Waals surface area contributed by atoms with Gasteiger partial charge >= 0.3 is 6.09 Å². The van der Waals surface area contributed by atoms with E-state index in [1.165, 1.54) is 0 Å². The molecule has 1 saturated heterocycles. The molecule has 0 aromatic carbocycles. The van der Waals surface area contributed by atoms with Crippen molar-refractivity contribution in [1.29, 1.82) is 0 Å². The molecular formula is C10H20N2O3. The molecule has 0 radical (unpaired) electrons. The molecule has 1 rings (SSSR count). The lowest BCUT2D eigenvalue weighted by Gasteiger charge is -2.15. The van der Waals surface area contributed by atoms with Crippen LogP contribution in [0.3, 0.4) is 0 Å². The van der Waals surface area contributed by atoms with E-state index in [0.717, 1.165) is 19.7 Å². The third-order valence-corrected chi connectivity index (χ3v) is 2.09. The molecule has 15 heavy (non-hydrogen) atoms. The SMILES string of the molecule is CC(C)OC(=O)NCC1CNCCOC1. The summed E-state index contributed by atoms with van der Waals surface area (Å²) >= 11 is 0. The van der Waals surface area contributed by atoms with Gasteiger partial charge in [0.1, 0.15) is 0 Å². The second-order valence-corrected chi connectivity index (χ2v) is 3.98. The summed E-state index contributed by atoms with van der Waals surface area (Å²) in [7, 11) is 0. The zero-order chi connectivity index (χ0) is 11.1. The summed E-state index contributed by atoms with van der Waals surface area (Å²) in [6, 6.07) is 0. The van der Waals surface area contributed by atoms with Crippen molar-refractivity contribution in [1.82, 2.24) is 10.6 Å². The molecule has 1 aliphatic heterocycles. The van der Waals surface area contributed by atoms with E-state index in [9.17, 15) is 4.79 Å². The summed E-state index contributed by atoms with van der Waals surface area (Å²) in [6.45, 7) is 7.45. The average molecular weight is 216 g/mol. The molecule has 1 atom stereocenters. The summed E-state index contributed by atoms with van der Waals surface area (Å²) in [5, 5.41) is 5.98. The van der Waals surface area contributed by atoms with Crippen molar-refractivity contribution in [3.8, 4) is 0 Å². The number of alkyl carbamates (subject to hydrolysis) is 1. The van der Waals surface area contributed by atoms with Gasteiger partial charge in [-0.2, -0.15) is 0 Å². The second-order valence-electron chi connectivity index (χ2n) is 3.98. The first-order chi connectivity index (χ1) is 7.18. The van der Waals surface area contributed by atoms with Gasteiger partial charge in [-0.25, -0.2) is 4.79 Å². The Bertz CT molecular complexity index is 189. The van der Waals surface area contributed by atoms with Gasteiger partial charge < -0.3 is 20.1 Å². The number of hydrogen-bond acceptors (Lipinski definition) is 4. The molecule has 0 aromatic rings. The van der Waals surface area contributed by atoms with E-state index in [1.807, 2.05) is 13.8 Å². The van der Waals surface area contributed by atoms with Crippen molar-refractivity contribution in [3.05, 3.63) is 0 Å². The van der Waals surface area contributed by atoms with E-state index in [1.54, 1.807) is 0 Å². The molecule has 2 N–H and O–H groups in total. The van der Waals surface area contributed by atoms with Crippen molar-refractivity contribution < 1.29 is 14.3 Å². The average Bonchev–Trinajstić information content (AvgIpc) is 2.41. The highest BCUT2D eigenvalue weighted by Crippen LogP contribution is 1.98. The molecule has 1 unspecified atom stereocenters. The van der Waals surface area contributed by atoms with Crippen molar-refractivity contribution in [2.24, 2.45) is 5.92 Å². The Labute approximate surface area is 90.5 Å². The minimum absolute atomic E-state index is 0.0755. The topological polar surface area (TPSA) is 59.6 Å². The first kappa shape index (κ1) is 12.3. The minimum Gasteiger partial charge on any atom is -0.447 e. The molecule has 1 aliphatic rings. The lowest BCUT2D eigenvalue weighted by molar-refractivity contribution is 0.105. The zero-order valence-electron chi connectivity index (χ0n) is 9.41. The van der Waals surface area contributed by atoms with Crippen molar-refractivity contribution >= 4 is 6.09 Å². The van der Waals surface area contributed by atoms with Gasteiger partial charge in [0.25, 0.3) is 0 Å². The maximum Gasteiger partial charge on any atom is 0.407 e. The first-order valence-corrected chi connectivity index (χ1v) is 5.41. The van der Waals surface area contributed by atoms with E-state index in [4.69, 9.17) is 9.47 Å².